The van der Waals surface area contributed by atoms with Crippen LogP contribution in [0.4, 0.5) is 0 Å². The summed E-state index contributed by atoms with van der Waals surface area (Å²) in [6, 6.07) is 55.0. The van der Waals surface area contributed by atoms with Crippen LogP contribution in [0.5, 0.6) is 0 Å². The van der Waals surface area contributed by atoms with Crippen LogP contribution in [0.15, 0.2) is 158 Å². The van der Waals surface area contributed by atoms with Crippen LogP contribution in [-0.2, 0) is 0 Å². The molecule has 0 amide bonds. The number of aromatic nitrogens is 3. The van der Waals surface area contributed by atoms with Crippen molar-refractivity contribution in [1.29, 1.82) is 0 Å². The van der Waals surface area contributed by atoms with Gasteiger partial charge in [0, 0.05) is 47.4 Å². The van der Waals surface area contributed by atoms with E-state index in [1.54, 1.807) is 11.3 Å². The Kier molecular flexibility index (Phi) is 6.73. The van der Waals surface area contributed by atoms with E-state index >= 15 is 0 Å². The number of nitrogens with zero attached hydrogens (tertiary/aromatic N) is 3. The number of benzene rings is 8. The van der Waals surface area contributed by atoms with Gasteiger partial charge in [0.15, 0.2) is 17.5 Å². The maximum atomic E-state index is 6.73. The summed E-state index contributed by atoms with van der Waals surface area (Å²) >= 11 is 8.53. The van der Waals surface area contributed by atoms with E-state index in [4.69, 9.17) is 26.6 Å². The summed E-state index contributed by atoms with van der Waals surface area (Å²) in [5.74, 6) is 1.84. The molecule has 50 heavy (non-hydrogen) atoms. The van der Waals surface area contributed by atoms with Crippen molar-refractivity contribution in [1.82, 2.24) is 15.0 Å². The van der Waals surface area contributed by atoms with Crippen molar-refractivity contribution < 1.29 is 0 Å². The van der Waals surface area contributed by atoms with Crippen LogP contribution in [0, 0.1) is 0 Å². The summed E-state index contributed by atoms with van der Waals surface area (Å²) in [7, 11) is 0. The van der Waals surface area contributed by atoms with E-state index in [2.05, 4.69) is 109 Å². The number of thiophene rings is 1. The van der Waals surface area contributed by atoms with Crippen LogP contribution >= 0.6 is 22.9 Å². The second kappa shape index (κ2) is 11.6. The topological polar surface area (TPSA) is 38.7 Å². The van der Waals surface area contributed by atoms with Gasteiger partial charge in [-0.3, -0.25) is 0 Å². The summed E-state index contributed by atoms with van der Waals surface area (Å²) < 4.78 is 2.47. The predicted octanol–water partition coefficient (Wildman–Crippen LogP) is 13.0. The van der Waals surface area contributed by atoms with Gasteiger partial charge in [0.05, 0.1) is 0 Å². The normalized spacial score (nSPS) is 11.7. The molecule has 0 N–H and O–H groups in total. The first kappa shape index (κ1) is 29.0. The number of hydrogen-bond donors (Lipinski definition) is 0. The van der Waals surface area contributed by atoms with Crippen molar-refractivity contribution in [3.8, 4) is 45.3 Å². The van der Waals surface area contributed by atoms with Gasteiger partial charge < -0.3 is 0 Å². The Morgan fingerprint density at radius 1 is 0.360 bits per heavy atom. The van der Waals surface area contributed by atoms with E-state index in [0.29, 0.717) is 22.5 Å². The van der Waals surface area contributed by atoms with Gasteiger partial charge in [-0.2, -0.15) is 0 Å². The molecule has 2 heterocycles. The van der Waals surface area contributed by atoms with Crippen LogP contribution in [0.1, 0.15) is 0 Å². The van der Waals surface area contributed by atoms with E-state index in [1.807, 2.05) is 48.5 Å². The Morgan fingerprint density at radius 3 is 1.68 bits per heavy atom. The molecule has 0 aliphatic rings. The Hall–Kier alpha value is -5.94. The second-order valence-corrected chi connectivity index (χ2v) is 14.0. The Bertz CT molecular complexity index is 2920. The highest BCUT2D eigenvalue weighted by Gasteiger charge is 2.19. The maximum absolute atomic E-state index is 6.73. The number of fused-ring (bicyclic) bond motifs is 9. The lowest BCUT2D eigenvalue weighted by Crippen LogP contribution is -2.01. The molecule has 5 heteroatoms. The molecule has 0 fully saturated rings. The number of hydrogen-bond acceptors (Lipinski definition) is 4. The molecule has 0 atom stereocenters. The Balaban J connectivity index is 1.23. The molecular formula is C45H26ClN3S. The molecule has 0 saturated carbocycles. The lowest BCUT2D eigenvalue weighted by Gasteiger charge is -2.14. The summed E-state index contributed by atoms with van der Waals surface area (Å²) in [6.07, 6.45) is 0. The smallest absolute Gasteiger partial charge is 0.164 e. The van der Waals surface area contributed by atoms with Crippen LogP contribution in [0.3, 0.4) is 0 Å². The standard InChI is InChI=1S/C45H26ClN3S/c46-29-22-24-38(40(26-29)37-19-10-18-36-35-17-8-9-20-41(35)50-42(36)37)45-48-43(27-11-2-1-3-12-27)47-44(49-45)28-21-23-34-32-15-5-4-13-30(32)31-14-6-7-16-33(31)39(34)25-28/h1-26H. The van der Waals surface area contributed by atoms with Crippen LogP contribution < -0.4 is 0 Å². The van der Waals surface area contributed by atoms with Gasteiger partial charge in [0.25, 0.3) is 0 Å². The summed E-state index contributed by atoms with van der Waals surface area (Å²) in [5.41, 5.74) is 4.85. The van der Waals surface area contributed by atoms with Crippen molar-refractivity contribution in [3.05, 3.63) is 163 Å². The van der Waals surface area contributed by atoms with Crippen molar-refractivity contribution >= 4 is 75.4 Å². The maximum Gasteiger partial charge on any atom is 0.164 e. The molecule has 10 rings (SSSR count). The average molecular weight is 676 g/mol. The van der Waals surface area contributed by atoms with E-state index < -0.39 is 0 Å². The fourth-order valence-electron chi connectivity index (χ4n) is 7.28. The molecule has 10 aromatic rings. The molecule has 0 aliphatic heterocycles. The van der Waals surface area contributed by atoms with Crippen LogP contribution in [0.25, 0.3) is 97.8 Å². The Labute approximate surface area is 297 Å². The average Bonchev–Trinajstić information content (AvgIpc) is 3.57. The van der Waals surface area contributed by atoms with Crippen molar-refractivity contribution in [2.24, 2.45) is 0 Å². The van der Waals surface area contributed by atoms with Gasteiger partial charge in [0.1, 0.15) is 0 Å². The Morgan fingerprint density at radius 2 is 0.940 bits per heavy atom. The molecule has 0 saturated heterocycles. The number of rotatable bonds is 4. The third-order valence-electron chi connectivity index (χ3n) is 9.59. The van der Waals surface area contributed by atoms with Gasteiger partial charge in [-0.15, -0.1) is 11.3 Å². The van der Waals surface area contributed by atoms with Crippen LogP contribution in [0.2, 0.25) is 5.02 Å². The summed E-state index contributed by atoms with van der Waals surface area (Å²) in [4.78, 5) is 15.5. The van der Waals surface area contributed by atoms with Gasteiger partial charge >= 0.3 is 0 Å². The monoisotopic (exact) mass is 675 g/mol. The van der Waals surface area contributed by atoms with Crippen molar-refractivity contribution in [3.63, 3.8) is 0 Å². The fourth-order valence-corrected chi connectivity index (χ4v) is 8.68. The van der Waals surface area contributed by atoms with E-state index in [9.17, 15) is 0 Å². The van der Waals surface area contributed by atoms with Gasteiger partial charge in [0.2, 0.25) is 0 Å². The fraction of sp³-hybridized carbons (Fsp3) is 0. The second-order valence-electron chi connectivity index (χ2n) is 12.5. The first-order valence-corrected chi connectivity index (χ1v) is 17.7. The zero-order valence-electron chi connectivity index (χ0n) is 26.6. The zero-order chi connectivity index (χ0) is 33.2. The summed E-state index contributed by atoms with van der Waals surface area (Å²) in [6.45, 7) is 0. The van der Waals surface area contributed by atoms with Gasteiger partial charge in [-0.1, -0.05) is 139 Å². The van der Waals surface area contributed by atoms with Crippen molar-refractivity contribution in [2.45, 2.75) is 0 Å². The minimum Gasteiger partial charge on any atom is -0.208 e. The van der Waals surface area contributed by atoms with Gasteiger partial charge in [-0.05, 0) is 68.2 Å². The van der Waals surface area contributed by atoms with E-state index in [1.165, 1.54) is 52.5 Å². The minimum absolute atomic E-state index is 0.599. The quantitative estimate of drug-likeness (QED) is 0.174. The van der Waals surface area contributed by atoms with E-state index in [0.717, 1.165) is 27.8 Å². The largest absolute Gasteiger partial charge is 0.208 e. The highest BCUT2D eigenvalue weighted by atomic mass is 35.5. The molecule has 234 valence electrons. The zero-order valence-corrected chi connectivity index (χ0v) is 28.2. The lowest BCUT2D eigenvalue weighted by atomic mass is 9.93. The third kappa shape index (κ3) is 4.68. The first-order valence-electron chi connectivity index (χ1n) is 16.6. The van der Waals surface area contributed by atoms with E-state index in [-0.39, 0.29) is 0 Å². The van der Waals surface area contributed by atoms with Gasteiger partial charge in [-0.25, -0.2) is 15.0 Å². The third-order valence-corrected chi connectivity index (χ3v) is 11.0. The molecule has 8 aromatic carbocycles. The minimum atomic E-state index is 0.599. The molecule has 0 spiro atoms. The molecule has 0 bridgehead atoms. The molecular weight excluding hydrogens is 650 g/mol. The molecule has 3 nitrogen and oxygen atoms in total. The van der Waals surface area contributed by atoms with Crippen molar-refractivity contribution in [2.75, 3.05) is 0 Å². The molecule has 0 aliphatic carbocycles. The SMILES string of the molecule is Clc1ccc(-c2nc(-c3ccccc3)nc(-c3ccc4c5ccccc5c5ccccc5c4c3)n2)c(-c2cccc3c2sc2ccccc23)c1. The first-order chi connectivity index (χ1) is 24.7. The predicted molar refractivity (Wildman–Crippen MR) is 212 cm³/mol. The molecule has 0 unspecified atom stereocenters. The van der Waals surface area contributed by atoms with Crippen LogP contribution in [-0.4, -0.2) is 15.0 Å². The summed E-state index contributed by atoms with van der Waals surface area (Å²) in [5, 5.41) is 10.4. The number of halogens is 1. The molecule has 0 radical (unpaired) electrons. The molecule has 2 aromatic heterocycles. The lowest BCUT2D eigenvalue weighted by molar-refractivity contribution is 1.07. The highest BCUT2D eigenvalue weighted by molar-refractivity contribution is 7.26. The highest BCUT2D eigenvalue weighted by Crippen LogP contribution is 2.43.